The van der Waals surface area contributed by atoms with Crippen LogP contribution in [0.3, 0.4) is 0 Å². The summed E-state index contributed by atoms with van der Waals surface area (Å²) in [7, 11) is 1.55. The summed E-state index contributed by atoms with van der Waals surface area (Å²) >= 11 is 0. The third-order valence-electron chi connectivity index (χ3n) is 1.55. The van der Waals surface area contributed by atoms with Gasteiger partial charge in [0.2, 0.25) is 0 Å². The Kier molecular flexibility index (Phi) is 2.82. The summed E-state index contributed by atoms with van der Waals surface area (Å²) in [5, 5.41) is 9.31. The highest BCUT2D eigenvalue weighted by molar-refractivity contribution is 5.75. The Bertz CT molecular complexity index is 281. The highest BCUT2D eigenvalue weighted by atomic mass is 16.5. The van der Waals surface area contributed by atoms with Gasteiger partial charge in [-0.1, -0.05) is 12.1 Å². The molecule has 0 unspecified atom stereocenters. The van der Waals surface area contributed by atoms with E-state index >= 15 is 0 Å². The molecule has 0 aliphatic rings. The lowest BCUT2D eigenvalue weighted by Crippen LogP contribution is -1.89. The normalized spacial score (nSPS) is 9.75. The molecule has 3 heteroatoms. The fourth-order valence-corrected chi connectivity index (χ4v) is 0.932. The number of phenolic OH excluding ortho intramolecular Hbond substituents is 1. The van der Waals surface area contributed by atoms with Gasteiger partial charge in [0.25, 0.3) is 0 Å². The molecule has 64 valence electrons. The summed E-state index contributed by atoms with van der Waals surface area (Å²) in [6.07, 6.45) is 0.691. The largest absolute Gasteiger partial charge is 0.508 e. The summed E-state index contributed by atoms with van der Waals surface area (Å²) < 4.78 is 4.83. The van der Waals surface area contributed by atoms with Crippen molar-refractivity contribution in [1.29, 1.82) is 0 Å². The molecular weight excluding hydrogens is 156 g/mol. The van der Waals surface area contributed by atoms with Crippen LogP contribution in [0.25, 0.3) is 0 Å². The van der Waals surface area contributed by atoms with Crippen LogP contribution in [0.1, 0.15) is 15.9 Å². The molecule has 0 atom stereocenters. The second kappa shape index (κ2) is 3.88. The maximum absolute atomic E-state index is 10.3. The molecule has 1 aromatic carbocycles. The van der Waals surface area contributed by atoms with E-state index in [1.54, 1.807) is 19.2 Å². The van der Waals surface area contributed by atoms with E-state index in [2.05, 4.69) is 0 Å². The van der Waals surface area contributed by atoms with E-state index in [1.165, 1.54) is 6.07 Å². The maximum Gasteiger partial charge on any atom is 0.150 e. The first kappa shape index (κ1) is 8.74. The minimum Gasteiger partial charge on any atom is -0.508 e. The van der Waals surface area contributed by atoms with Crippen LogP contribution in [-0.4, -0.2) is 18.5 Å². The van der Waals surface area contributed by atoms with Crippen molar-refractivity contribution in [2.75, 3.05) is 7.11 Å². The quantitative estimate of drug-likeness (QED) is 0.689. The summed E-state index contributed by atoms with van der Waals surface area (Å²) in [6, 6.07) is 4.73. The van der Waals surface area contributed by atoms with Gasteiger partial charge < -0.3 is 9.84 Å². The van der Waals surface area contributed by atoms with Crippen LogP contribution in [0.2, 0.25) is 0 Å². The van der Waals surface area contributed by atoms with Gasteiger partial charge in [-0.15, -0.1) is 0 Å². The number of hydrogen-bond acceptors (Lipinski definition) is 3. The van der Waals surface area contributed by atoms with Gasteiger partial charge in [0.1, 0.15) is 12.0 Å². The minimum atomic E-state index is 0.0986. The van der Waals surface area contributed by atoms with Crippen LogP contribution in [-0.2, 0) is 11.3 Å². The van der Waals surface area contributed by atoms with Crippen molar-refractivity contribution in [3.05, 3.63) is 29.3 Å². The van der Waals surface area contributed by atoms with Gasteiger partial charge in [-0.2, -0.15) is 0 Å². The molecular formula is C9H10O3. The Morgan fingerprint density at radius 3 is 2.83 bits per heavy atom. The van der Waals surface area contributed by atoms with Crippen LogP contribution in [0.5, 0.6) is 5.75 Å². The molecule has 0 radical (unpaired) electrons. The zero-order valence-electron chi connectivity index (χ0n) is 6.78. The number of ether oxygens (including phenoxy) is 1. The van der Waals surface area contributed by atoms with Gasteiger partial charge in [-0.05, 0) is 6.07 Å². The summed E-state index contributed by atoms with van der Waals surface area (Å²) in [4.78, 5) is 10.3. The zero-order chi connectivity index (χ0) is 8.97. The first-order chi connectivity index (χ1) is 5.77. The van der Waals surface area contributed by atoms with Gasteiger partial charge >= 0.3 is 0 Å². The molecule has 3 nitrogen and oxygen atoms in total. The lowest BCUT2D eigenvalue weighted by molar-refractivity contribution is 0.112. The van der Waals surface area contributed by atoms with Crippen LogP contribution in [0, 0.1) is 0 Å². The molecule has 0 saturated heterocycles. The maximum atomic E-state index is 10.3. The number of hydrogen-bond donors (Lipinski definition) is 1. The van der Waals surface area contributed by atoms with Crippen LogP contribution in [0.4, 0.5) is 0 Å². The van der Waals surface area contributed by atoms with Crippen LogP contribution < -0.4 is 0 Å². The summed E-state index contributed by atoms with van der Waals surface area (Å²) in [6.45, 7) is 0.352. The van der Waals surface area contributed by atoms with Gasteiger partial charge in [0, 0.05) is 18.2 Å². The molecule has 0 aromatic heterocycles. The first-order valence-electron chi connectivity index (χ1n) is 3.54. The van der Waals surface area contributed by atoms with Crippen molar-refractivity contribution in [1.82, 2.24) is 0 Å². The molecule has 0 saturated carbocycles. The lowest BCUT2D eigenvalue weighted by Gasteiger charge is -2.02. The predicted molar refractivity (Wildman–Crippen MR) is 44.2 cm³/mol. The van der Waals surface area contributed by atoms with E-state index in [9.17, 15) is 9.90 Å². The fourth-order valence-electron chi connectivity index (χ4n) is 0.932. The number of aldehydes is 1. The third kappa shape index (κ3) is 1.83. The first-order valence-corrected chi connectivity index (χ1v) is 3.54. The van der Waals surface area contributed by atoms with Crippen molar-refractivity contribution in [2.24, 2.45) is 0 Å². The zero-order valence-corrected chi connectivity index (χ0v) is 6.78. The summed E-state index contributed by atoms with van der Waals surface area (Å²) in [5.74, 6) is 0.0986. The standard InChI is InChI=1S/C9H10O3/c1-12-6-8-3-2-7(5-10)4-9(8)11/h2-5,11H,6H2,1H3. The molecule has 0 heterocycles. The van der Waals surface area contributed by atoms with E-state index in [4.69, 9.17) is 4.74 Å². The van der Waals surface area contributed by atoms with Crippen molar-refractivity contribution in [3.63, 3.8) is 0 Å². The van der Waals surface area contributed by atoms with Crippen molar-refractivity contribution < 1.29 is 14.6 Å². The number of benzene rings is 1. The predicted octanol–water partition coefficient (Wildman–Crippen LogP) is 1.35. The Morgan fingerprint density at radius 2 is 2.33 bits per heavy atom. The molecule has 0 aliphatic carbocycles. The molecule has 1 N–H and O–H groups in total. The second-order valence-electron chi connectivity index (χ2n) is 2.44. The van der Waals surface area contributed by atoms with Gasteiger partial charge in [-0.3, -0.25) is 4.79 Å². The van der Waals surface area contributed by atoms with Crippen molar-refractivity contribution in [2.45, 2.75) is 6.61 Å². The highest BCUT2D eigenvalue weighted by Crippen LogP contribution is 2.18. The summed E-state index contributed by atoms with van der Waals surface area (Å²) in [5.41, 5.74) is 1.15. The average Bonchev–Trinajstić information content (AvgIpc) is 2.09. The van der Waals surface area contributed by atoms with Gasteiger partial charge in [0.05, 0.1) is 6.61 Å². The number of aromatic hydroxyl groups is 1. The van der Waals surface area contributed by atoms with E-state index < -0.39 is 0 Å². The monoisotopic (exact) mass is 166 g/mol. The van der Waals surface area contributed by atoms with Gasteiger partial charge in [-0.25, -0.2) is 0 Å². The third-order valence-corrected chi connectivity index (χ3v) is 1.55. The van der Waals surface area contributed by atoms with Crippen molar-refractivity contribution >= 4 is 6.29 Å². The number of phenols is 1. The van der Waals surface area contributed by atoms with E-state index in [1.807, 2.05) is 0 Å². The molecule has 0 amide bonds. The average molecular weight is 166 g/mol. The Morgan fingerprint density at radius 1 is 1.58 bits per heavy atom. The van der Waals surface area contributed by atoms with E-state index in [0.29, 0.717) is 24.0 Å². The molecule has 1 aromatic rings. The molecule has 0 fully saturated rings. The minimum absolute atomic E-state index is 0.0986. The topological polar surface area (TPSA) is 46.5 Å². The molecule has 0 bridgehead atoms. The van der Waals surface area contributed by atoms with Gasteiger partial charge in [0.15, 0.2) is 0 Å². The molecule has 1 rings (SSSR count). The molecule has 12 heavy (non-hydrogen) atoms. The Labute approximate surface area is 70.6 Å². The SMILES string of the molecule is COCc1ccc(C=O)cc1O. The van der Waals surface area contributed by atoms with Crippen LogP contribution in [0.15, 0.2) is 18.2 Å². The molecule has 0 spiro atoms. The smallest absolute Gasteiger partial charge is 0.150 e. The number of rotatable bonds is 3. The second-order valence-corrected chi connectivity index (χ2v) is 2.44. The number of carbonyl (C=O) groups is 1. The number of carbonyl (C=O) groups excluding carboxylic acids is 1. The molecule has 0 aliphatic heterocycles. The number of methoxy groups -OCH3 is 1. The Hall–Kier alpha value is -1.35. The van der Waals surface area contributed by atoms with E-state index in [0.717, 1.165) is 0 Å². The van der Waals surface area contributed by atoms with E-state index in [-0.39, 0.29) is 5.75 Å². The fraction of sp³-hybridized carbons (Fsp3) is 0.222. The lowest BCUT2D eigenvalue weighted by atomic mass is 10.1. The van der Waals surface area contributed by atoms with Crippen molar-refractivity contribution in [3.8, 4) is 5.75 Å². The Balaban J connectivity index is 2.94. The van der Waals surface area contributed by atoms with Crippen LogP contribution >= 0.6 is 0 Å². The highest BCUT2D eigenvalue weighted by Gasteiger charge is 2.00.